The second kappa shape index (κ2) is 8.40. The van der Waals surface area contributed by atoms with E-state index < -0.39 is 15.8 Å². The lowest BCUT2D eigenvalue weighted by Gasteiger charge is -2.10. The third kappa shape index (κ3) is 4.70. The van der Waals surface area contributed by atoms with Crippen molar-refractivity contribution in [2.24, 2.45) is 0 Å². The molecule has 2 aromatic carbocycles. The van der Waals surface area contributed by atoms with Crippen LogP contribution in [0.1, 0.15) is 11.1 Å². The van der Waals surface area contributed by atoms with Crippen LogP contribution in [0.5, 0.6) is 5.88 Å². The van der Waals surface area contributed by atoms with E-state index in [0.717, 1.165) is 11.1 Å². The molecule has 0 atom stereocenters. The molecule has 8 nitrogen and oxygen atoms in total. The monoisotopic (exact) mass is 441 g/mol. The maximum atomic E-state index is 13.5. The average molecular weight is 441 g/mol. The topological polar surface area (TPSA) is 98.5 Å². The van der Waals surface area contributed by atoms with Crippen molar-refractivity contribution in [2.75, 3.05) is 13.2 Å². The summed E-state index contributed by atoms with van der Waals surface area (Å²) in [4.78, 5) is 0.216. The number of hydrogen-bond acceptors (Lipinski definition) is 6. The van der Waals surface area contributed by atoms with E-state index in [9.17, 15) is 12.8 Å². The molecule has 0 fully saturated rings. The van der Waals surface area contributed by atoms with Gasteiger partial charge in [0.1, 0.15) is 12.4 Å². The molecule has 10 heteroatoms. The van der Waals surface area contributed by atoms with E-state index in [1.807, 2.05) is 19.9 Å². The number of hydrogen-bond donors (Lipinski definition) is 1. The van der Waals surface area contributed by atoms with Gasteiger partial charge >= 0.3 is 0 Å². The number of rotatable bonds is 7. The van der Waals surface area contributed by atoms with E-state index in [1.165, 1.54) is 16.6 Å². The van der Waals surface area contributed by atoms with Gasteiger partial charge in [0.2, 0.25) is 15.9 Å². The molecule has 0 saturated heterocycles. The van der Waals surface area contributed by atoms with Crippen LogP contribution in [0.25, 0.3) is 17.0 Å². The van der Waals surface area contributed by atoms with Crippen molar-refractivity contribution < 1.29 is 17.5 Å². The summed E-state index contributed by atoms with van der Waals surface area (Å²) in [5.74, 6) is 0.240. The van der Waals surface area contributed by atoms with Crippen LogP contribution in [0.15, 0.2) is 59.5 Å². The lowest BCUT2D eigenvalue weighted by atomic mass is 10.2. The Bertz CT molecular complexity index is 1330. The summed E-state index contributed by atoms with van der Waals surface area (Å²) < 4.78 is 48.1. The molecule has 2 aromatic heterocycles. The van der Waals surface area contributed by atoms with E-state index in [0.29, 0.717) is 17.0 Å². The minimum absolute atomic E-state index is 0.0635. The van der Waals surface area contributed by atoms with Crippen LogP contribution in [0.2, 0.25) is 0 Å². The molecule has 0 radical (unpaired) electrons. The molecule has 0 aliphatic carbocycles. The number of nitrogens with one attached hydrogen (secondary N) is 1. The first-order valence-corrected chi connectivity index (χ1v) is 11.0. The van der Waals surface area contributed by atoms with Gasteiger partial charge < -0.3 is 4.74 Å². The fraction of sp³-hybridized carbons (Fsp3) is 0.190. The molecular weight excluding hydrogens is 421 g/mol. The number of aryl methyl sites for hydroxylation is 2. The number of halogens is 1. The SMILES string of the molecule is Cc1cc(C)cc(S(=O)(=O)NCCOc2ccc3nnc(-c4cccc(F)c4)n3n2)c1. The van der Waals surface area contributed by atoms with Crippen molar-refractivity contribution in [2.45, 2.75) is 18.7 Å². The van der Waals surface area contributed by atoms with E-state index in [2.05, 4.69) is 20.0 Å². The molecule has 31 heavy (non-hydrogen) atoms. The van der Waals surface area contributed by atoms with Crippen molar-refractivity contribution in [3.05, 3.63) is 71.5 Å². The van der Waals surface area contributed by atoms with Crippen LogP contribution in [0.3, 0.4) is 0 Å². The second-order valence-corrected chi connectivity index (χ2v) is 8.81. The second-order valence-electron chi connectivity index (χ2n) is 7.05. The minimum Gasteiger partial charge on any atom is -0.475 e. The largest absolute Gasteiger partial charge is 0.475 e. The van der Waals surface area contributed by atoms with Crippen LogP contribution < -0.4 is 9.46 Å². The van der Waals surface area contributed by atoms with Gasteiger partial charge in [-0.1, -0.05) is 18.2 Å². The number of ether oxygens (including phenoxy) is 1. The standard InChI is InChI=1S/C21H20FN5O3S/c1-14-10-15(2)12-18(11-14)31(28,29)23-8-9-30-20-7-6-19-24-25-21(27(19)26-20)16-4-3-5-17(22)13-16/h3-7,10-13,23H,8-9H2,1-2H3. The van der Waals surface area contributed by atoms with Crippen LogP contribution in [0, 0.1) is 19.7 Å². The predicted molar refractivity (Wildman–Crippen MR) is 113 cm³/mol. The zero-order chi connectivity index (χ0) is 22.0. The zero-order valence-electron chi connectivity index (χ0n) is 16.9. The fourth-order valence-corrected chi connectivity index (χ4v) is 4.36. The molecule has 0 spiro atoms. The summed E-state index contributed by atoms with van der Waals surface area (Å²) in [6, 6.07) is 14.4. The number of fused-ring (bicyclic) bond motifs is 1. The highest BCUT2D eigenvalue weighted by Gasteiger charge is 2.15. The van der Waals surface area contributed by atoms with E-state index in [-0.39, 0.29) is 23.9 Å². The minimum atomic E-state index is -3.64. The highest BCUT2D eigenvalue weighted by atomic mass is 32.2. The van der Waals surface area contributed by atoms with Crippen molar-refractivity contribution in [3.63, 3.8) is 0 Å². The van der Waals surface area contributed by atoms with Crippen LogP contribution >= 0.6 is 0 Å². The maximum Gasteiger partial charge on any atom is 0.240 e. The van der Waals surface area contributed by atoms with E-state index in [1.54, 1.807) is 36.4 Å². The molecule has 4 rings (SSSR count). The normalized spacial score (nSPS) is 11.7. The van der Waals surface area contributed by atoms with Crippen molar-refractivity contribution in [3.8, 4) is 17.3 Å². The number of aromatic nitrogens is 4. The molecule has 0 aliphatic rings. The Kier molecular flexibility index (Phi) is 5.66. The Balaban J connectivity index is 1.44. The molecule has 160 valence electrons. The Morgan fingerprint density at radius 3 is 2.55 bits per heavy atom. The third-order valence-corrected chi connectivity index (χ3v) is 5.91. The summed E-state index contributed by atoms with van der Waals surface area (Å²) in [7, 11) is -3.64. The van der Waals surface area contributed by atoms with Crippen molar-refractivity contribution in [1.82, 2.24) is 24.5 Å². The molecule has 0 amide bonds. The summed E-state index contributed by atoms with van der Waals surface area (Å²) in [6.07, 6.45) is 0. The Hall–Kier alpha value is -3.37. The number of benzene rings is 2. The lowest BCUT2D eigenvalue weighted by molar-refractivity contribution is 0.306. The Morgan fingerprint density at radius 2 is 1.81 bits per heavy atom. The maximum absolute atomic E-state index is 13.5. The van der Waals surface area contributed by atoms with Gasteiger partial charge in [0, 0.05) is 18.2 Å². The van der Waals surface area contributed by atoms with Crippen LogP contribution in [-0.4, -0.2) is 41.4 Å². The molecule has 0 bridgehead atoms. The number of nitrogens with zero attached hydrogens (tertiary/aromatic N) is 4. The van der Waals surface area contributed by atoms with E-state index in [4.69, 9.17) is 4.74 Å². The van der Waals surface area contributed by atoms with Crippen molar-refractivity contribution >= 4 is 15.7 Å². The Labute approximate surface area is 178 Å². The lowest BCUT2D eigenvalue weighted by Crippen LogP contribution is -2.28. The van der Waals surface area contributed by atoms with Gasteiger partial charge in [0.15, 0.2) is 11.5 Å². The number of sulfonamides is 1. The zero-order valence-corrected chi connectivity index (χ0v) is 17.7. The fourth-order valence-electron chi connectivity index (χ4n) is 3.16. The molecule has 4 aromatic rings. The van der Waals surface area contributed by atoms with Gasteiger partial charge in [0.25, 0.3) is 0 Å². The van der Waals surface area contributed by atoms with Gasteiger partial charge in [-0.3, -0.25) is 0 Å². The molecule has 2 heterocycles. The van der Waals surface area contributed by atoms with Gasteiger partial charge in [-0.2, -0.15) is 4.52 Å². The molecular formula is C21H20FN5O3S. The first kappa shape index (κ1) is 20.9. The highest BCUT2D eigenvalue weighted by Crippen LogP contribution is 2.20. The quantitative estimate of drug-likeness (QED) is 0.443. The average Bonchev–Trinajstić information content (AvgIpc) is 3.14. The summed E-state index contributed by atoms with van der Waals surface area (Å²) >= 11 is 0. The van der Waals surface area contributed by atoms with E-state index >= 15 is 0 Å². The smallest absolute Gasteiger partial charge is 0.240 e. The van der Waals surface area contributed by atoms with Gasteiger partial charge in [-0.05, 0) is 55.3 Å². The van der Waals surface area contributed by atoms with Gasteiger partial charge in [-0.25, -0.2) is 17.5 Å². The molecule has 1 N–H and O–H groups in total. The summed E-state index contributed by atoms with van der Waals surface area (Å²) in [5.41, 5.74) is 2.75. The summed E-state index contributed by atoms with van der Waals surface area (Å²) in [6.45, 7) is 3.83. The van der Waals surface area contributed by atoms with Gasteiger partial charge in [-0.15, -0.1) is 15.3 Å². The first-order valence-electron chi connectivity index (χ1n) is 9.51. The predicted octanol–water partition coefficient (Wildman–Crippen LogP) is 2.90. The van der Waals surface area contributed by atoms with Crippen LogP contribution in [-0.2, 0) is 10.0 Å². The molecule has 0 aliphatic heterocycles. The van der Waals surface area contributed by atoms with Gasteiger partial charge in [0.05, 0.1) is 4.90 Å². The highest BCUT2D eigenvalue weighted by molar-refractivity contribution is 7.89. The Morgan fingerprint density at radius 1 is 1.03 bits per heavy atom. The molecule has 0 saturated carbocycles. The third-order valence-electron chi connectivity index (χ3n) is 4.47. The van der Waals surface area contributed by atoms with Crippen molar-refractivity contribution in [1.29, 1.82) is 0 Å². The van der Waals surface area contributed by atoms with Crippen LogP contribution in [0.4, 0.5) is 4.39 Å². The summed E-state index contributed by atoms with van der Waals surface area (Å²) in [5, 5.41) is 12.4. The first-order chi connectivity index (χ1) is 14.8. The molecule has 0 unspecified atom stereocenters.